The first kappa shape index (κ1) is 14.9. The fourth-order valence-electron chi connectivity index (χ4n) is 2.09. The second-order valence-electron chi connectivity index (χ2n) is 4.47. The van der Waals surface area contributed by atoms with Gasteiger partial charge < -0.3 is 10.1 Å². The number of ether oxygens (including phenoxy) is 1. The summed E-state index contributed by atoms with van der Waals surface area (Å²) >= 11 is 2.17. The highest BCUT2D eigenvalue weighted by Crippen LogP contribution is 2.29. The summed E-state index contributed by atoms with van der Waals surface area (Å²) in [5.41, 5.74) is 0.793. The third-order valence-corrected chi connectivity index (χ3v) is 5.95. The van der Waals surface area contributed by atoms with Gasteiger partial charge in [-0.15, -0.1) is 0 Å². The lowest BCUT2D eigenvalue weighted by molar-refractivity contribution is 0.180. The first-order chi connectivity index (χ1) is 8.96. The third kappa shape index (κ3) is 3.34. The van der Waals surface area contributed by atoms with Crippen LogP contribution >= 0.6 is 22.6 Å². The number of sulfone groups is 1. The summed E-state index contributed by atoms with van der Waals surface area (Å²) in [6, 6.07) is 0. The number of aromatic nitrogens is 2. The van der Waals surface area contributed by atoms with E-state index in [2.05, 4.69) is 37.9 Å². The van der Waals surface area contributed by atoms with E-state index in [4.69, 9.17) is 4.74 Å². The van der Waals surface area contributed by atoms with Gasteiger partial charge in [0.05, 0.1) is 27.4 Å². The topological polar surface area (TPSA) is 81.2 Å². The Morgan fingerprint density at radius 3 is 2.74 bits per heavy atom. The molecule has 1 aromatic heterocycles. The first-order valence-corrected chi connectivity index (χ1v) is 8.80. The number of rotatable bonds is 4. The second-order valence-corrected chi connectivity index (χ2v) is 7.78. The molecule has 1 saturated heterocycles. The molecule has 0 saturated carbocycles. The molecule has 6 nitrogen and oxygen atoms in total. The highest BCUT2D eigenvalue weighted by atomic mass is 127. The van der Waals surface area contributed by atoms with Gasteiger partial charge in [-0.2, -0.15) is 0 Å². The zero-order valence-electron chi connectivity index (χ0n) is 10.8. The fraction of sp³-hybridized carbons (Fsp3) is 0.636. The largest absolute Gasteiger partial charge is 0.378 e. The molecule has 1 aliphatic rings. The maximum absolute atomic E-state index is 11.5. The van der Waals surface area contributed by atoms with Crippen LogP contribution in [0.15, 0.2) is 0 Å². The molecule has 2 heterocycles. The molecule has 19 heavy (non-hydrogen) atoms. The standard InChI is InChI=1S/C11H16IN3O3S/c1-13-11-9(12)8(5-18-2)14-10(15-11)7-3-4-19(16,17)6-7/h7H,3-6H2,1-2H3,(H,13,14,15). The highest BCUT2D eigenvalue weighted by Gasteiger charge is 2.31. The van der Waals surface area contributed by atoms with Crippen LogP contribution in [0.25, 0.3) is 0 Å². The normalized spacial score (nSPS) is 21.5. The molecule has 0 aliphatic carbocycles. The molecule has 106 valence electrons. The van der Waals surface area contributed by atoms with Crippen molar-refractivity contribution in [3.05, 3.63) is 15.1 Å². The van der Waals surface area contributed by atoms with Crippen LogP contribution in [0.5, 0.6) is 0 Å². The average Bonchev–Trinajstić information content (AvgIpc) is 2.72. The van der Waals surface area contributed by atoms with Crippen molar-refractivity contribution in [2.75, 3.05) is 31.0 Å². The first-order valence-electron chi connectivity index (χ1n) is 5.90. The van der Waals surface area contributed by atoms with E-state index in [1.807, 2.05) is 0 Å². The molecule has 1 N–H and O–H groups in total. The molecular formula is C11H16IN3O3S. The minimum absolute atomic E-state index is 0.107. The van der Waals surface area contributed by atoms with E-state index in [0.29, 0.717) is 18.9 Å². The van der Waals surface area contributed by atoms with E-state index in [-0.39, 0.29) is 17.4 Å². The molecule has 1 aromatic rings. The Morgan fingerprint density at radius 1 is 1.47 bits per heavy atom. The van der Waals surface area contributed by atoms with Crippen molar-refractivity contribution in [1.82, 2.24) is 9.97 Å². The van der Waals surface area contributed by atoms with Gasteiger partial charge in [-0.05, 0) is 29.0 Å². The van der Waals surface area contributed by atoms with Crippen molar-refractivity contribution in [2.24, 2.45) is 0 Å². The number of halogens is 1. The summed E-state index contributed by atoms with van der Waals surface area (Å²) in [6.07, 6.45) is 0.596. The lowest BCUT2D eigenvalue weighted by atomic mass is 10.1. The van der Waals surface area contributed by atoms with E-state index in [1.165, 1.54) is 0 Å². The van der Waals surface area contributed by atoms with Gasteiger partial charge in [0.15, 0.2) is 9.84 Å². The van der Waals surface area contributed by atoms with Gasteiger partial charge in [-0.25, -0.2) is 18.4 Å². The molecule has 0 bridgehead atoms. The molecule has 0 spiro atoms. The molecule has 0 amide bonds. The quantitative estimate of drug-likeness (QED) is 0.769. The van der Waals surface area contributed by atoms with Gasteiger partial charge in [0.2, 0.25) is 0 Å². The van der Waals surface area contributed by atoms with Crippen LogP contribution < -0.4 is 5.32 Å². The summed E-state index contributed by atoms with van der Waals surface area (Å²) in [5.74, 6) is 1.58. The Morgan fingerprint density at radius 2 is 2.21 bits per heavy atom. The van der Waals surface area contributed by atoms with E-state index in [1.54, 1.807) is 14.2 Å². The Kier molecular flexibility index (Phi) is 4.62. The monoisotopic (exact) mass is 397 g/mol. The van der Waals surface area contributed by atoms with Gasteiger partial charge in [-0.3, -0.25) is 0 Å². The van der Waals surface area contributed by atoms with Crippen LogP contribution in [0.4, 0.5) is 5.82 Å². The number of hydrogen-bond acceptors (Lipinski definition) is 6. The van der Waals surface area contributed by atoms with Crippen molar-refractivity contribution in [3.63, 3.8) is 0 Å². The number of methoxy groups -OCH3 is 1. The molecule has 0 aromatic carbocycles. The highest BCUT2D eigenvalue weighted by molar-refractivity contribution is 14.1. The Bertz CT molecular complexity index is 577. The summed E-state index contributed by atoms with van der Waals surface area (Å²) in [5, 5.41) is 3.02. The Hall–Kier alpha value is -0.480. The van der Waals surface area contributed by atoms with E-state index in [0.717, 1.165) is 15.1 Å². The summed E-state index contributed by atoms with van der Waals surface area (Å²) in [7, 11) is 0.464. The molecule has 2 rings (SSSR count). The van der Waals surface area contributed by atoms with Gasteiger partial charge in [-0.1, -0.05) is 0 Å². The van der Waals surface area contributed by atoms with Crippen molar-refractivity contribution >= 4 is 38.2 Å². The smallest absolute Gasteiger partial charge is 0.151 e. The lowest BCUT2D eigenvalue weighted by Gasteiger charge is -2.13. The van der Waals surface area contributed by atoms with Crippen LogP contribution in [-0.2, 0) is 21.2 Å². The van der Waals surface area contributed by atoms with E-state index in [9.17, 15) is 8.42 Å². The Labute approximate surface area is 126 Å². The van der Waals surface area contributed by atoms with E-state index < -0.39 is 9.84 Å². The van der Waals surface area contributed by atoms with Gasteiger partial charge in [0, 0.05) is 20.1 Å². The zero-order chi connectivity index (χ0) is 14.0. The molecule has 1 aliphatic heterocycles. The van der Waals surface area contributed by atoms with Crippen molar-refractivity contribution < 1.29 is 13.2 Å². The van der Waals surface area contributed by atoms with E-state index >= 15 is 0 Å². The molecule has 1 atom stereocenters. The van der Waals surface area contributed by atoms with Gasteiger partial charge >= 0.3 is 0 Å². The Balaban J connectivity index is 2.38. The molecule has 0 radical (unpaired) electrons. The minimum atomic E-state index is -2.93. The van der Waals surface area contributed by atoms with Crippen molar-refractivity contribution in [2.45, 2.75) is 18.9 Å². The predicted octanol–water partition coefficient (Wildman–Crippen LogP) is 1.17. The van der Waals surface area contributed by atoms with Crippen molar-refractivity contribution in [1.29, 1.82) is 0 Å². The lowest BCUT2D eigenvalue weighted by Crippen LogP contribution is -2.13. The summed E-state index contributed by atoms with van der Waals surface area (Å²) in [6.45, 7) is 0.391. The number of hydrogen-bond donors (Lipinski definition) is 1. The van der Waals surface area contributed by atoms with Gasteiger partial charge in [0.1, 0.15) is 11.6 Å². The van der Waals surface area contributed by atoms with Crippen LogP contribution in [0.3, 0.4) is 0 Å². The maximum Gasteiger partial charge on any atom is 0.151 e. The SMILES string of the molecule is CNc1nc(C2CCS(=O)(=O)C2)nc(COC)c1I. The molecule has 8 heteroatoms. The van der Waals surface area contributed by atoms with Crippen LogP contribution in [0, 0.1) is 3.57 Å². The second kappa shape index (κ2) is 5.88. The van der Waals surface area contributed by atoms with Gasteiger partial charge in [0.25, 0.3) is 0 Å². The summed E-state index contributed by atoms with van der Waals surface area (Å²) < 4.78 is 29.1. The third-order valence-electron chi connectivity index (χ3n) is 3.05. The molecular weight excluding hydrogens is 381 g/mol. The van der Waals surface area contributed by atoms with Crippen LogP contribution in [0.1, 0.15) is 23.9 Å². The minimum Gasteiger partial charge on any atom is -0.378 e. The zero-order valence-corrected chi connectivity index (χ0v) is 13.8. The number of anilines is 1. The number of nitrogens with one attached hydrogen (secondary N) is 1. The number of nitrogens with zero attached hydrogens (tertiary/aromatic N) is 2. The summed E-state index contributed by atoms with van der Waals surface area (Å²) in [4.78, 5) is 8.90. The predicted molar refractivity (Wildman–Crippen MR) is 81.0 cm³/mol. The van der Waals surface area contributed by atoms with Crippen molar-refractivity contribution in [3.8, 4) is 0 Å². The fourth-order valence-corrected chi connectivity index (χ4v) is 4.50. The average molecular weight is 397 g/mol. The van der Waals surface area contributed by atoms with Crippen LogP contribution in [-0.4, -0.2) is 44.0 Å². The molecule has 1 fully saturated rings. The molecule has 1 unspecified atom stereocenters. The van der Waals surface area contributed by atoms with Crippen LogP contribution in [0.2, 0.25) is 0 Å². The maximum atomic E-state index is 11.5.